The first-order valence-electron chi connectivity index (χ1n) is 5.12. The fourth-order valence-electron chi connectivity index (χ4n) is 1.94. The Morgan fingerprint density at radius 1 is 1.25 bits per heavy atom. The van der Waals surface area contributed by atoms with E-state index in [-0.39, 0.29) is 6.01 Å². The van der Waals surface area contributed by atoms with Crippen molar-refractivity contribution < 1.29 is 9.15 Å². The Bertz CT molecular complexity index is 522. The number of rotatable bonds is 1. The summed E-state index contributed by atoms with van der Waals surface area (Å²) in [5.74, 6) is 0.458. The van der Waals surface area contributed by atoms with Crippen molar-refractivity contribution in [3.05, 3.63) is 29.3 Å². The van der Waals surface area contributed by atoms with E-state index in [4.69, 9.17) is 14.9 Å². The van der Waals surface area contributed by atoms with Crippen LogP contribution < -0.4 is 5.73 Å². The molecule has 1 aliphatic rings. The lowest BCUT2D eigenvalue weighted by Gasteiger charge is -2.18. The highest BCUT2D eigenvalue weighted by atomic mass is 16.5. The van der Waals surface area contributed by atoms with Crippen LogP contribution in [0.2, 0.25) is 0 Å². The third-order valence-electron chi connectivity index (χ3n) is 2.71. The summed E-state index contributed by atoms with van der Waals surface area (Å²) >= 11 is 0. The van der Waals surface area contributed by atoms with Gasteiger partial charge in [0.25, 0.3) is 0 Å². The highest BCUT2D eigenvalue weighted by molar-refractivity contribution is 5.61. The Hall–Kier alpha value is -1.88. The molecular formula is C11H11N3O2. The highest BCUT2D eigenvalue weighted by Crippen LogP contribution is 2.28. The second-order valence-corrected chi connectivity index (χ2v) is 3.69. The minimum absolute atomic E-state index is 0.0873. The third kappa shape index (κ3) is 1.45. The molecule has 2 N–H and O–H groups in total. The molecule has 1 aromatic heterocycles. The lowest BCUT2D eigenvalue weighted by atomic mass is 9.98. The second-order valence-electron chi connectivity index (χ2n) is 3.69. The average Bonchev–Trinajstić information content (AvgIpc) is 2.75. The van der Waals surface area contributed by atoms with Crippen LogP contribution in [0.1, 0.15) is 11.1 Å². The van der Waals surface area contributed by atoms with Crippen LogP contribution in [-0.2, 0) is 17.8 Å². The quantitative estimate of drug-likeness (QED) is 0.781. The van der Waals surface area contributed by atoms with Crippen LogP contribution in [-0.4, -0.2) is 16.8 Å². The first-order valence-corrected chi connectivity index (χ1v) is 5.12. The van der Waals surface area contributed by atoms with Crippen molar-refractivity contribution in [1.29, 1.82) is 0 Å². The van der Waals surface area contributed by atoms with Gasteiger partial charge in [0.2, 0.25) is 5.89 Å². The SMILES string of the molecule is Nc1nnc(-c2cccc3c2COCC3)o1. The number of nitrogens with zero attached hydrogens (tertiary/aromatic N) is 2. The molecule has 0 fully saturated rings. The summed E-state index contributed by atoms with van der Waals surface area (Å²) in [5.41, 5.74) is 8.74. The monoisotopic (exact) mass is 217 g/mol. The maximum Gasteiger partial charge on any atom is 0.313 e. The lowest BCUT2D eigenvalue weighted by molar-refractivity contribution is 0.111. The van der Waals surface area contributed by atoms with Gasteiger partial charge in [-0.2, -0.15) is 0 Å². The van der Waals surface area contributed by atoms with Gasteiger partial charge in [-0.25, -0.2) is 0 Å². The van der Waals surface area contributed by atoms with Gasteiger partial charge in [-0.3, -0.25) is 0 Å². The number of ether oxygens (including phenoxy) is 1. The molecule has 2 aromatic rings. The standard InChI is InChI=1S/C11H11N3O2/c12-11-14-13-10(16-11)8-3-1-2-7-4-5-15-6-9(7)8/h1-3H,4-6H2,(H2,12,14). The van der Waals surface area contributed by atoms with Gasteiger partial charge in [0.1, 0.15) is 0 Å². The Morgan fingerprint density at radius 2 is 2.19 bits per heavy atom. The molecule has 2 heterocycles. The molecule has 5 nitrogen and oxygen atoms in total. The lowest BCUT2D eigenvalue weighted by Crippen LogP contribution is -2.10. The molecule has 0 aliphatic carbocycles. The normalized spacial score (nSPS) is 14.8. The topological polar surface area (TPSA) is 74.2 Å². The number of nitrogens with two attached hydrogens (primary N) is 1. The van der Waals surface area contributed by atoms with Gasteiger partial charge in [0.15, 0.2) is 0 Å². The molecular weight excluding hydrogens is 206 g/mol. The summed E-state index contributed by atoms with van der Waals surface area (Å²) in [6.45, 7) is 1.36. The number of fused-ring (bicyclic) bond motifs is 1. The minimum atomic E-state index is 0.0873. The molecule has 16 heavy (non-hydrogen) atoms. The maximum atomic E-state index is 5.44. The predicted molar refractivity (Wildman–Crippen MR) is 57.5 cm³/mol. The van der Waals surface area contributed by atoms with Gasteiger partial charge in [-0.1, -0.05) is 17.2 Å². The average molecular weight is 217 g/mol. The zero-order chi connectivity index (χ0) is 11.0. The molecule has 3 rings (SSSR count). The van der Waals surface area contributed by atoms with Crippen LogP contribution in [0.15, 0.2) is 22.6 Å². The van der Waals surface area contributed by atoms with Crippen molar-refractivity contribution in [2.24, 2.45) is 0 Å². The van der Waals surface area contributed by atoms with E-state index >= 15 is 0 Å². The Balaban J connectivity index is 2.13. The second kappa shape index (κ2) is 3.61. The van der Waals surface area contributed by atoms with E-state index in [1.54, 1.807) is 0 Å². The van der Waals surface area contributed by atoms with E-state index in [2.05, 4.69) is 16.3 Å². The molecule has 0 unspecified atom stereocenters. The van der Waals surface area contributed by atoms with Crippen molar-refractivity contribution in [3.63, 3.8) is 0 Å². The summed E-state index contributed by atoms with van der Waals surface area (Å²) in [6, 6.07) is 6.12. The molecule has 0 amide bonds. The van der Waals surface area contributed by atoms with E-state index in [0.29, 0.717) is 12.5 Å². The van der Waals surface area contributed by atoms with E-state index in [0.717, 1.165) is 24.2 Å². The number of nitrogen functional groups attached to an aromatic ring is 1. The number of benzene rings is 1. The molecule has 0 spiro atoms. The molecule has 0 bridgehead atoms. The third-order valence-corrected chi connectivity index (χ3v) is 2.71. The molecule has 0 radical (unpaired) electrons. The zero-order valence-corrected chi connectivity index (χ0v) is 8.64. The smallest absolute Gasteiger partial charge is 0.313 e. The van der Waals surface area contributed by atoms with E-state index in [9.17, 15) is 0 Å². The molecule has 1 aliphatic heterocycles. The van der Waals surface area contributed by atoms with Gasteiger partial charge in [-0.05, 0) is 23.6 Å². The number of aromatic nitrogens is 2. The summed E-state index contributed by atoms with van der Waals surface area (Å²) < 4.78 is 10.7. The van der Waals surface area contributed by atoms with E-state index in [1.165, 1.54) is 5.56 Å². The fourth-order valence-corrected chi connectivity index (χ4v) is 1.94. The predicted octanol–water partition coefficient (Wildman–Crippen LogP) is 1.39. The molecule has 5 heteroatoms. The zero-order valence-electron chi connectivity index (χ0n) is 8.64. The van der Waals surface area contributed by atoms with Crippen molar-refractivity contribution >= 4 is 6.01 Å². The van der Waals surface area contributed by atoms with E-state index < -0.39 is 0 Å². The fraction of sp³-hybridized carbons (Fsp3) is 0.273. The molecule has 0 saturated heterocycles. The van der Waals surface area contributed by atoms with Gasteiger partial charge >= 0.3 is 6.01 Å². The van der Waals surface area contributed by atoms with Crippen molar-refractivity contribution in [2.45, 2.75) is 13.0 Å². The van der Waals surface area contributed by atoms with Crippen LogP contribution in [0, 0.1) is 0 Å². The highest BCUT2D eigenvalue weighted by Gasteiger charge is 2.17. The number of hydrogen-bond donors (Lipinski definition) is 1. The van der Waals surface area contributed by atoms with Gasteiger partial charge < -0.3 is 14.9 Å². The summed E-state index contributed by atoms with van der Waals surface area (Å²) in [6.07, 6.45) is 0.923. The Labute approximate surface area is 92.2 Å². The first-order chi connectivity index (χ1) is 7.84. The van der Waals surface area contributed by atoms with Crippen LogP contribution in [0.3, 0.4) is 0 Å². The number of anilines is 1. The Kier molecular flexibility index (Phi) is 2.11. The molecule has 82 valence electrons. The van der Waals surface area contributed by atoms with E-state index in [1.807, 2.05) is 12.1 Å². The summed E-state index contributed by atoms with van der Waals surface area (Å²) in [4.78, 5) is 0. The largest absolute Gasteiger partial charge is 0.404 e. The van der Waals surface area contributed by atoms with Crippen molar-refractivity contribution in [2.75, 3.05) is 12.3 Å². The molecule has 0 atom stereocenters. The minimum Gasteiger partial charge on any atom is -0.404 e. The van der Waals surface area contributed by atoms with Gasteiger partial charge in [0.05, 0.1) is 13.2 Å². The van der Waals surface area contributed by atoms with Crippen molar-refractivity contribution in [3.8, 4) is 11.5 Å². The van der Waals surface area contributed by atoms with Crippen LogP contribution in [0.25, 0.3) is 11.5 Å². The van der Waals surface area contributed by atoms with Gasteiger partial charge in [0, 0.05) is 5.56 Å². The molecule has 0 saturated carbocycles. The molecule has 1 aromatic carbocycles. The van der Waals surface area contributed by atoms with Gasteiger partial charge in [-0.15, -0.1) is 5.10 Å². The summed E-state index contributed by atoms with van der Waals surface area (Å²) in [5, 5.41) is 7.56. The maximum absolute atomic E-state index is 5.44. The summed E-state index contributed by atoms with van der Waals surface area (Å²) in [7, 11) is 0. The van der Waals surface area contributed by atoms with Crippen LogP contribution >= 0.6 is 0 Å². The van der Waals surface area contributed by atoms with Crippen LogP contribution in [0.4, 0.5) is 6.01 Å². The van der Waals surface area contributed by atoms with Crippen LogP contribution in [0.5, 0.6) is 0 Å². The van der Waals surface area contributed by atoms with Crippen molar-refractivity contribution in [1.82, 2.24) is 10.2 Å². The first kappa shape index (κ1) is 9.35. The number of hydrogen-bond acceptors (Lipinski definition) is 5. The Morgan fingerprint density at radius 3 is 3.00 bits per heavy atom.